The molecule has 0 unspecified atom stereocenters. The van der Waals surface area contributed by atoms with Gasteiger partial charge in [-0.05, 0) is 97.8 Å². The van der Waals surface area contributed by atoms with Gasteiger partial charge in [-0.1, -0.05) is 127 Å². The first-order valence-corrected chi connectivity index (χ1v) is 20.5. The van der Waals surface area contributed by atoms with Gasteiger partial charge in [-0.15, -0.1) is 0 Å². The minimum atomic E-state index is -0.108. The number of allylic oxidation sites excluding steroid dienone is 8. The second kappa shape index (κ2) is 35.7. The predicted octanol–water partition coefficient (Wildman–Crippen LogP) is 12.8. The smallest absolute Gasteiger partial charge is 0.305 e. The van der Waals surface area contributed by atoms with Crippen molar-refractivity contribution < 1.29 is 19.1 Å². The van der Waals surface area contributed by atoms with Gasteiger partial charge >= 0.3 is 11.9 Å². The summed E-state index contributed by atoms with van der Waals surface area (Å²) in [5.74, 6) is -0.216. The Morgan fingerprint density at radius 1 is 0.469 bits per heavy atom. The van der Waals surface area contributed by atoms with Gasteiger partial charge in [0, 0.05) is 31.5 Å². The molecular formula is C44H79NO4. The lowest BCUT2D eigenvalue weighted by Crippen LogP contribution is -2.45. The third-order valence-corrected chi connectivity index (χ3v) is 8.86. The number of esters is 2. The van der Waals surface area contributed by atoms with E-state index in [1.165, 1.54) is 89.9 Å². The zero-order valence-electron chi connectivity index (χ0n) is 33.0. The van der Waals surface area contributed by atoms with Gasteiger partial charge in [0.15, 0.2) is 0 Å². The molecule has 0 aliphatic heterocycles. The van der Waals surface area contributed by atoms with E-state index in [-0.39, 0.29) is 17.5 Å². The molecule has 0 aromatic heterocycles. The molecular weight excluding hydrogens is 606 g/mol. The van der Waals surface area contributed by atoms with E-state index in [0.29, 0.717) is 39.1 Å². The number of hydrogen-bond donors (Lipinski definition) is 0. The molecule has 0 heterocycles. The van der Waals surface area contributed by atoms with Crippen LogP contribution in [0.4, 0.5) is 0 Å². The largest absolute Gasteiger partial charge is 0.464 e. The van der Waals surface area contributed by atoms with Crippen molar-refractivity contribution in [1.82, 2.24) is 4.90 Å². The van der Waals surface area contributed by atoms with Crippen LogP contribution in [0.15, 0.2) is 48.6 Å². The average molecular weight is 686 g/mol. The van der Waals surface area contributed by atoms with E-state index in [1.807, 2.05) is 0 Å². The molecule has 0 spiro atoms. The number of ether oxygens (including phenoxy) is 2. The van der Waals surface area contributed by atoms with Crippen molar-refractivity contribution in [3.63, 3.8) is 0 Å². The molecule has 0 radical (unpaired) electrons. The highest BCUT2D eigenvalue weighted by atomic mass is 16.5. The first-order chi connectivity index (χ1) is 23.8. The summed E-state index contributed by atoms with van der Waals surface area (Å²) in [4.78, 5) is 26.8. The van der Waals surface area contributed by atoms with Crippen molar-refractivity contribution in [1.29, 1.82) is 0 Å². The summed E-state index contributed by atoms with van der Waals surface area (Å²) < 4.78 is 11.1. The molecule has 0 saturated heterocycles. The molecule has 0 bridgehead atoms. The number of nitrogens with zero attached hydrogens (tertiary/aromatic N) is 1. The second-order valence-electron chi connectivity index (χ2n) is 14.6. The van der Waals surface area contributed by atoms with Gasteiger partial charge in [-0.2, -0.15) is 0 Å². The topological polar surface area (TPSA) is 55.8 Å². The van der Waals surface area contributed by atoms with Crippen molar-refractivity contribution in [3.8, 4) is 0 Å². The van der Waals surface area contributed by atoms with Gasteiger partial charge in [0.2, 0.25) is 0 Å². The molecule has 0 amide bonds. The highest BCUT2D eigenvalue weighted by Crippen LogP contribution is 2.14. The van der Waals surface area contributed by atoms with Gasteiger partial charge in [0.1, 0.15) is 13.2 Å². The minimum absolute atomic E-state index is 0.0981. The normalized spacial score (nSPS) is 12.4. The summed E-state index contributed by atoms with van der Waals surface area (Å²) in [6.07, 6.45) is 45.1. The van der Waals surface area contributed by atoms with Crippen LogP contribution in [-0.2, 0) is 19.1 Å². The molecule has 49 heavy (non-hydrogen) atoms. The Morgan fingerprint density at radius 3 is 1.14 bits per heavy atom. The van der Waals surface area contributed by atoms with Gasteiger partial charge in [-0.3, -0.25) is 14.5 Å². The Morgan fingerprint density at radius 2 is 0.796 bits per heavy atom. The molecule has 0 aliphatic rings. The highest BCUT2D eigenvalue weighted by molar-refractivity contribution is 5.69. The Labute approximate surface area is 304 Å². The lowest BCUT2D eigenvalue weighted by atomic mass is 10.1. The third kappa shape index (κ3) is 35.5. The maximum atomic E-state index is 12.3. The number of rotatable bonds is 34. The molecule has 0 aromatic carbocycles. The van der Waals surface area contributed by atoms with Crippen molar-refractivity contribution in [2.45, 2.75) is 194 Å². The summed E-state index contributed by atoms with van der Waals surface area (Å²) >= 11 is 0. The molecule has 284 valence electrons. The van der Waals surface area contributed by atoms with Crippen LogP contribution >= 0.6 is 0 Å². The number of carbonyl (C=O) groups is 2. The quantitative estimate of drug-likeness (QED) is 0.0383. The Hall–Kier alpha value is -2.14. The maximum Gasteiger partial charge on any atom is 0.305 e. The van der Waals surface area contributed by atoms with E-state index in [2.05, 4.69) is 88.1 Å². The first kappa shape index (κ1) is 46.9. The monoisotopic (exact) mass is 686 g/mol. The van der Waals surface area contributed by atoms with Crippen LogP contribution in [0.25, 0.3) is 0 Å². The van der Waals surface area contributed by atoms with Gasteiger partial charge < -0.3 is 9.47 Å². The van der Waals surface area contributed by atoms with E-state index < -0.39 is 0 Å². The van der Waals surface area contributed by atoms with Crippen molar-refractivity contribution in [2.24, 2.45) is 0 Å². The van der Waals surface area contributed by atoms with E-state index in [9.17, 15) is 9.59 Å². The SMILES string of the molecule is CCCCC/C=C\C/C=C\CCCCCCCC(=O)OCCN(CCOC(=O)CCCCCCC/C=C\C/C=C\CCCCC)C(C)(C)C. The van der Waals surface area contributed by atoms with Crippen LogP contribution in [-0.4, -0.2) is 48.7 Å². The minimum Gasteiger partial charge on any atom is -0.464 e. The average Bonchev–Trinajstić information content (AvgIpc) is 3.07. The van der Waals surface area contributed by atoms with E-state index in [0.717, 1.165) is 51.4 Å². The van der Waals surface area contributed by atoms with Crippen molar-refractivity contribution >= 4 is 11.9 Å². The standard InChI is InChI=1S/C44H79NO4/c1-6-8-10-12-14-16-18-20-22-24-26-28-30-32-34-36-42(46)48-40-38-45(44(3,4)5)39-41-49-43(47)37-35-33-31-29-27-25-23-21-19-17-15-13-11-9-7-2/h14-17,20-23H,6-13,18-19,24-41H2,1-5H3/b16-14-,17-15-,22-20-,23-21-. The van der Waals surface area contributed by atoms with Crippen molar-refractivity contribution in [3.05, 3.63) is 48.6 Å². The van der Waals surface area contributed by atoms with E-state index in [4.69, 9.17) is 9.47 Å². The number of unbranched alkanes of at least 4 members (excludes halogenated alkanes) is 16. The summed E-state index contributed by atoms with van der Waals surface area (Å²) in [5.41, 5.74) is -0.0981. The second-order valence-corrected chi connectivity index (χ2v) is 14.6. The summed E-state index contributed by atoms with van der Waals surface area (Å²) in [5, 5.41) is 0. The lowest BCUT2D eigenvalue weighted by Gasteiger charge is -2.35. The summed E-state index contributed by atoms with van der Waals surface area (Å²) in [6.45, 7) is 12.9. The molecule has 0 fully saturated rings. The number of carbonyl (C=O) groups excluding carboxylic acids is 2. The molecule has 5 nitrogen and oxygen atoms in total. The molecule has 0 rings (SSSR count). The zero-order chi connectivity index (χ0) is 36.1. The van der Waals surface area contributed by atoms with Crippen LogP contribution in [0.2, 0.25) is 0 Å². The molecule has 5 heteroatoms. The Bertz CT molecular complexity index is 803. The molecule has 0 atom stereocenters. The lowest BCUT2D eigenvalue weighted by molar-refractivity contribution is -0.145. The summed E-state index contributed by atoms with van der Waals surface area (Å²) in [7, 11) is 0. The fourth-order valence-corrected chi connectivity index (χ4v) is 5.63. The van der Waals surface area contributed by atoms with Crippen LogP contribution in [0.3, 0.4) is 0 Å². The fourth-order valence-electron chi connectivity index (χ4n) is 5.63. The van der Waals surface area contributed by atoms with E-state index in [1.54, 1.807) is 0 Å². The zero-order valence-corrected chi connectivity index (χ0v) is 33.0. The van der Waals surface area contributed by atoms with Crippen LogP contribution < -0.4 is 0 Å². The molecule has 0 aliphatic carbocycles. The van der Waals surface area contributed by atoms with Gasteiger partial charge in [0.05, 0.1) is 0 Å². The Balaban J connectivity index is 3.80. The highest BCUT2D eigenvalue weighted by Gasteiger charge is 2.21. The molecule has 0 aromatic rings. The van der Waals surface area contributed by atoms with Crippen LogP contribution in [0.1, 0.15) is 189 Å². The maximum absolute atomic E-state index is 12.3. The van der Waals surface area contributed by atoms with Gasteiger partial charge in [-0.25, -0.2) is 0 Å². The van der Waals surface area contributed by atoms with Crippen LogP contribution in [0.5, 0.6) is 0 Å². The summed E-state index contributed by atoms with van der Waals surface area (Å²) in [6, 6.07) is 0. The Kier molecular flexibility index (Phi) is 34.1. The van der Waals surface area contributed by atoms with Crippen LogP contribution in [0, 0.1) is 0 Å². The molecule has 0 N–H and O–H groups in total. The first-order valence-electron chi connectivity index (χ1n) is 20.5. The fraction of sp³-hybridized carbons (Fsp3) is 0.773. The molecule has 0 saturated carbocycles. The number of hydrogen-bond acceptors (Lipinski definition) is 5. The third-order valence-electron chi connectivity index (χ3n) is 8.86. The predicted molar refractivity (Wildman–Crippen MR) is 212 cm³/mol. The van der Waals surface area contributed by atoms with Gasteiger partial charge in [0.25, 0.3) is 0 Å². The van der Waals surface area contributed by atoms with E-state index >= 15 is 0 Å². The van der Waals surface area contributed by atoms with Crippen molar-refractivity contribution in [2.75, 3.05) is 26.3 Å².